The van der Waals surface area contributed by atoms with Gasteiger partial charge in [-0.2, -0.15) is 0 Å². The molecule has 3 rings (SSSR count). The Morgan fingerprint density at radius 2 is 2.08 bits per heavy atom. The smallest absolute Gasteiger partial charge is 0.263 e. The molecule has 0 aliphatic heterocycles. The molecule has 1 N–H and O–H groups in total. The molecule has 0 spiro atoms. The van der Waals surface area contributed by atoms with Gasteiger partial charge in [-0.15, -0.1) is 22.7 Å². The lowest BCUT2D eigenvalue weighted by atomic mass is 10.2. The number of aryl methyl sites for hydroxylation is 3. The molecular formula is C16H18N4O2S3. The third kappa shape index (κ3) is 3.63. The lowest BCUT2D eigenvalue weighted by Crippen LogP contribution is -2.23. The molecule has 3 heterocycles. The molecule has 0 radical (unpaired) electrons. The number of rotatable bonds is 5. The third-order valence-corrected chi connectivity index (χ3v) is 6.72. The second kappa shape index (κ2) is 7.27. The Bertz CT molecular complexity index is 1000. The topological polar surface area (TPSA) is 76.9 Å². The SMILES string of the molecule is CCn1c(SCC(=O)Nc2nc(C)cs2)nc2sc(C)c(C)c2c1=O. The van der Waals surface area contributed by atoms with Crippen molar-refractivity contribution in [2.75, 3.05) is 11.1 Å². The van der Waals surface area contributed by atoms with Gasteiger partial charge < -0.3 is 5.32 Å². The first-order valence-electron chi connectivity index (χ1n) is 7.76. The second-order valence-electron chi connectivity index (χ2n) is 5.54. The van der Waals surface area contributed by atoms with Gasteiger partial charge in [-0.3, -0.25) is 14.2 Å². The van der Waals surface area contributed by atoms with E-state index in [1.54, 1.807) is 4.57 Å². The average Bonchev–Trinajstić information content (AvgIpc) is 3.09. The van der Waals surface area contributed by atoms with Crippen molar-refractivity contribution in [1.29, 1.82) is 0 Å². The fraction of sp³-hybridized carbons (Fsp3) is 0.375. The number of amides is 1. The molecule has 0 aliphatic rings. The summed E-state index contributed by atoms with van der Waals surface area (Å²) < 4.78 is 1.63. The molecule has 3 aromatic rings. The molecule has 132 valence electrons. The van der Waals surface area contributed by atoms with E-state index in [0.29, 0.717) is 22.2 Å². The predicted molar refractivity (Wildman–Crippen MR) is 105 cm³/mol. The maximum Gasteiger partial charge on any atom is 0.263 e. The molecule has 0 fully saturated rings. The first kappa shape index (κ1) is 18.1. The van der Waals surface area contributed by atoms with Crippen molar-refractivity contribution in [2.45, 2.75) is 39.4 Å². The molecule has 0 unspecified atom stereocenters. The van der Waals surface area contributed by atoms with Gasteiger partial charge >= 0.3 is 0 Å². The Morgan fingerprint density at radius 1 is 1.32 bits per heavy atom. The molecule has 0 atom stereocenters. The highest BCUT2D eigenvalue weighted by Gasteiger charge is 2.17. The second-order valence-corrected chi connectivity index (χ2v) is 8.54. The van der Waals surface area contributed by atoms with E-state index in [4.69, 9.17) is 0 Å². The first-order chi connectivity index (χ1) is 11.9. The molecule has 3 aromatic heterocycles. The lowest BCUT2D eigenvalue weighted by Gasteiger charge is -2.09. The Kier molecular flexibility index (Phi) is 5.26. The average molecular weight is 395 g/mol. The van der Waals surface area contributed by atoms with Gasteiger partial charge in [0.2, 0.25) is 5.91 Å². The minimum absolute atomic E-state index is 0.0344. The van der Waals surface area contributed by atoms with Crippen molar-refractivity contribution in [3.63, 3.8) is 0 Å². The number of carbonyl (C=O) groups excluding carboxylic acids is 1. The van der Waals surface area contributed by atoms with Gasteiger partial charge in [-0.1, -0.05) is 11.8 Å². The van der Waals surface area contributed by atoms with Crippen molar-refractivity contribution in [3.05, 3.63) is 31.9 Å². The van der Waals surface area contributed by atoms with Crippen LogP contribution in [0.3, 0.4) is 0 Å². The fourth-order valence-corrected chi connectivity index (χ4v) is 5.03. The van der Waals surface area contributed by atoms with Crippen LogP contribution in [0.15, 0.2) is 15.3 Å². The number of nitrogens with one attached hydrogen (secondary N) is 1. The van der Waals surface area contributed by atoms with Gasteiger partial charge in [0.15, 0.2) is 10.3 Å². The number of anilines is 1. The summed E-state index contributed by atoms with van der Waals surface area (Å²) in [6.07, 6.45) is 0. The summed E-state index contributed by atoms with van der Waals surface area (Å²) in [4.78, 5) is 35.6. The van der Waals surface area contributed by atoms with Gasteiger partial charge in [0.1, 0.15) is 4.83 Å². The van der Waals surface area contributed by atoms with Crippen molar-refractivity contribution in [1.82, 2.24) is 14.5 Å². The highest BCUT2D eigenvalue weighted by atomic mass is 32.2. The van der Waals surface area contributed by atoms with Gasteiger partial charge in [-0.25, -0.2) is 9.97 Å². The van der Waals surface area contributed by atoms with E-state index in [1.807, 2.05) is 33.1 Å². The van der Waals surface area contributed by atoms with Crippen LogP contribution in [-0.4, -0.2) is 26.2 Å². The summed E-state index contributed by atoms with van der Waals surface area (Å²) in [6.45, 7) is 8.25. The molecule has 9 heteroatoms. The zero-order chi connectivity index (χ0) is 18.1. The minimum Gasteiger partial charge on any atom is -0.301 e. The normalized spacial score (nSPS) is 11.2. The lowest BCUT2D eigenvalue weighted by molar-refractivity contribution is -0.113. The number of nitrogens with zero attached hydrogens (tertiary/aromatic N) is 3. The largest absolute Gasteiger partial charge is 0.301 e. The maximum absolute atomic E-state index is 12.8. The Balaban J connectivity index is 1.83. The predicted octanol–water partition coefficient (Wildman–Crippen LogP) is 3.59. The van der Waals surface area contributed by atoms with Crippen LogP contribution < -0.4 is 10.9 Å². The zero-order valence-corrected chi connectivity index (χ0v) is 16.8. The number of thioether (sulfide) groups is 1. The Morgan fingerprint density at radius 3 is 2.72 bits per heavy atom. The van der Waals surface area contributed by atoms with E-state index in [9.17, 15) is 9.59 Å². The number of hydrogen-bond donors (Lipinski definition) is 1. The molecule has 0 aliphatic carbocycles. The van der Waals surface area contributed by atoms with E-state index < -0.39 is 0 Å². The standard InChI is InChI=1S/C16H18N4O2S3/c1-5-20-14(22)12-9(3)10(4)25-13(12)19-16(20)24-7-11(21)18-15-17-8(2)6-23-15/h6H,5,7H2,1-4H3,(H,17,18,21). The summed E-state index contributed by atoms with van der Waals surface area (Å²) in [5, 5.41) is 6.51. The molecule has 1 amide bonds. The van der Waals surface area contributed by atoms with Gasteiger partial charge in [0.05, 0.1) is 16.8 Å². The molecule has 0 saturated carbocycles. The van der Waals surface area contributed by atoms with E-state index in [2.05, 4.69) is 15.3 Å². The molecule has 25 heavy (non-hydrogen) atoms. The number of thiophene rings is 1. The fourth-order valence-electron chi connectivity index (χ4n) is 2.39. The van der Waals surface area contributed by atoms with Crippen LogP contribution in [0, 0.1) is 20.8 Å². The van der Waals surface area contributed by atoms with Crippen LogP contribution in [0.1, 0.15) is 23.1 Å². The van der Waals surface area contributed by atoms with Crippen LogP contribution in [0.4, 0.5) is 5.13 Å². The van der Waals surface area contributed by atoms with E-state index >= 15 is 0 Å². The molecular weight excluding hydrogens is 376 g/mol. The van der Waals surface area contributed by atoms with Crippen LogP contribution >= 0.6 is 34.4 Å². The quantitative estimate of drug-likeness (QED) is 0.529. The highest BCUT2D eigenvalue weighted by molar-refractivity contribution is 7.99. The van der Waals surface area contributed by atoms with Gasteiger partial charge in [0.25, 0.3) is 5.56 Å². The third-order valence-electron chi connectivity index (χ3n) is 3.77. The maximum atomic E-state index is 12.8. The van der Waals surface area contributed by atoms with Crippen LogP contribution in [-0.2, 0) is 11.3 Å². The minimum atomic E-state index is -0.158. The van der Waals surface area contributed by atoms with Crippen LogP contribution in [0.5, 0.6) is 0 Å². The number of carbonyl (C=O) groups is 1. The van der Waals surface area contributed by atoms with Crippen LogP contribution in [0.2, 0.25) is 0 Å². The van der Waals surface area contributed by atoms with Crippen molar-refractivity contribution >= 4 is 55.7 Å². The number of hydrogen-bond acceptors (Lipinski definition) is 7. The van der Waals surface area contributed by atoms with Crippen LogP contribution in [0.25, 0.3) is 10.2 Å². The molecule has 6 nitrogen and oxygen atoms in total. The summed E-state index contributed by atoms with van der Waals surface area (Å²) in [5.74, 6) is 0.0230. The highest BCUT2D eigenvalue weighted by Crippen LogP contribution is 2.28. The summed E-state index contributed by atoms with van der Waals surface area (Å²) in [7, 11) is 0. The molecule has 0 aromatic carbocycles. The van der Waals surface area contributed by atoms with Crippen molar-refractivity contribution < 1.29 is 4.79 Å². The summed E-state index contributed by atoms with van der Waals surface area (Å²) in [6, 6.07) is 0. The molecule has 0 bridgehead atoms. The molecule has 0 saturated heterocycles. The monoisotopic (exact) mass is 394 g/mol. The van der Waals surface area contributed by atoms with E-state index in [1.165, 1.54) is 34.4 Å². The zero-order valence-electron chi connectivity index (χ0n) is 14.4. The van der Waals surface area contributed by atoms with Gasteiger partial charge in [0, 0.05) is 16.8 Å². The van der Waals surface area contributed by atoms with Crippen molar-refractivity contribution in [2.24, 2.45) is 0 Å². The number of thiazole rings is 1. The summed E-state index contributed by atoms with van der Waals surface area (Å²) >= 11 is 4.19. The Labute approximate surface area is 157 Å². The van der Waals surface area contributed by atoms with Crippen molar-refractivity contribution in [3.8, 4) is 0 Å². The van der Waals surface area contributed by atoms with E-state index in [-0.39, 0.29) is 17.2 Å². The Hall–Kier alpha value is -1.71. The number of aromatic nitrogens is 3. The number of fused-ring (bicyclic) bond motifs is 1. The summed E-state index contributed by atoms with van der Waals surface area (Å²) in [5.41, 5.74) is 1.84. The first-order valence-corrected chi connectivity index (χ1v) is 10.4. The van der Waals surface area contributed by atoms with E-state index in [0.717, 1.165) is 21.0 Å². The van der Waals surface area contributed by atoms with Gasteiger partial charge in [-0.05, 0) is 33.3 Å².